The molecule has 2 aromatic heterocycles. The Kier molecular flexibility index (Phi) is 7.15. The molecule has 1 aliphatic heterocycles. The van der Waals surface area contributed by atoms with E-state index >= 15 is 0 Å². The second kappa shape index (κ2) is 10.3. The Morgan fingerprint density at radius 1 is 1.26 bits per heavy atom. The van der Waals surface area contributed by atoms with Crippen molar-refractivity contribution in [2.75, 3.05) is 31.5 Å². The average molecular weight is 544 g/mol. The number of amides is 1. The number of nitrogens with one attached hydrogen (secondary N) is 3. The number of halogens is 1. The molecule has 1 aromatic carbocycles. The van der Waals surface area contributed by atoms with E-state index in [0.29, 0.717) is 24.1 Å². The highest BCUT2D eigenvalue weighted by molar-refractivity contribution is 9.10. The Morgan fingerprint density at radius 2 is 2.06 bits per heavy atom. The molecule has 0 unspecified atom stereocenters. The fourth-order valence-corrected chi connectivity index (χ4v) is 6.24. The first-order valence-corrected chi connectivity index (χ1v) is 13.7. The van der Waals surface area contributed by atoms with E-state index in [1.807, 2.05) is 12.1 Å². The fourth-order valence-electron chi connectivity index (χ4n) is 4.62. The van der Waals surface area contributed by atoms with Crippen molar-refractivity contribution in [3.63, 3.8) is 0 Å². The third-order valence-electron chi connectivity index (χ3n) is 6.26. The number of rotatable bonds is 8. The van der Waals surface area contributed by atoms with Gasteiger partial charge in [0.2, 0.25) is 5.95 Å². The number of carbonyl (C=O) groups is 1. The van der Waals surface area contributed by atoms with Gasteiger partial charge >= 0.3 is 0 Å². The molecular weight excluding hydrogens is 512 g/mol. The molecule has 1 saturated carbocycles. The molecule has 2 aliphatic rings. The summed E-state index contributed by atoms with van der Waals surface area (Å²) in [5.74, 6) is 0.638. The number of thiophene rings is 1. The van der Waals surface area contributed by atoms with Gasteiger partial charge in [-0.15, -0.1) is 11.3 Å². The number of fused-ring (bicyclic) bond motifs is 1. The highest BCUT2D eigenvalue weighted by Crippen LogP contribution is 2.37. The number of piperazine rings is 1. The fraction of sp³-hybridized carbons (Fsp3) is 0.480. The van der Waals surface area contributed by atoms with Gasteiger partial charge < -0.3 is 20.9 Å². The zero-order chi connectivity index (χ0) is 23.7. The van der Waals surface area contributed by atoms with Crippen LogP contribution in [-0.4, -0.2) is 65.1 Å². The van der Waals surface area contributed by atoms with Gasteiger partial charge in [0, 0.05) is 59.6 Å². The van der Waals surface area contributed by atoms with Crippen molar-refractivity contribution in [3.05, 3.63) is 40.5 Å². The number of hydrogen-bond acceptors (Lipinski definition) is 7. The van der Waals surface area contributed by atoms with E-state index in [-0.39, 0.29) is 5.91 Å². The molecule has 3 aromatic rings. The monoisotopic (exact) mass is 542 g/mol. The lowest BCUT2D eigenvalue weighted by Crippen LogP contribution is -2.54. The van der Waals surface area contributed by atoms with Crippen LogP contribution >= 0.6 is 27.3 Å². The standard InChI is InChI=1S/C25H31BrN6OS/c1-15-13-32(14-16(2)29-15)10-4-9-27-25-28-12-20(26)23(31-25)22-11-19-18(5-3-6-21(19)34-22)24(33)30-17-7-8-17/h3,5-6,11-12,15-17,29H,4,7-10,13-14H2,1-2H3,(H,30,33)(H,27,28,31)/t15-,16+. The van der Waals surface area contributed by atoms with Gasteiger partial charge in [-0.3, -0.25) is 4.79 Å². The first-order chi connectivity index (χ1) is 16.5. The number of nitrogens with zero attached hydrogens (tertiary/aromatic N) is 3. The van der Waals surface area contributed by atoms with E-state index in [2.05, 4.69) is 67.7 Å². The molecular formula is C25H31BrN6OS. The van der Waals surface area contributed by atoms with Crippen molar-refractivity contribution in [2.24, 2.45) is 0 Å². The third-order valence-corrected chi connectivity index (χ3v) is 7.95. The van der Waals surface area contributed by atoms with Crippen LogP contribution in [0.1, 0.15) is 43.5 Å². The summed E-state index contributed by atoms with van der Waals surface area (Å²) in [6.07, 6.45) is 4.99. The average Bonchev–Trinajstić information content (AvgIpc) is 3.50. The molecule has 3 heterocycles. The highest BCUT2D eigenvalue weighted by atomic mass is 79.9. The van der Waals surface area contributed by atoms with E-state index in [0.717, 1.165) is 76.1 Å². The number of aromatic nitrogens is 2. The van der Waals surface area contributed by atoms with Crippen LogP contribution in [0.5, 0.6) is 0 Å². The summed E-state index contributed by atoms with van der Waals surface area (Å²) in [5, 5.41) is 11.0. The molecule has 0 spiro atoms. The highest BCUT2D eigenvalue weighted by Gasteiger charge is 2.25. The number of hydrogen-bond donors (Lipinski definition) is 3. The minimum absolute atomic E-state index is 0.00910. The lowest BCUT2D eigenvalue weighted by atomic mass is 10.1. The summed E-state index contributed by atoms with van der Waals surface area (Å²) in [4.78, 5) is 25.5. The van der Waals surface area contributed by atoms with Crippen LogP contribution in [0.25, 0.3) is 20.7 Å². The Hall–Kier alpha value is -2.07. The third kappa shape index (κ3) is 5.59. The zero-order valence-corrected chi connectivity index (χ0v) is 22.0. The van der Waals surface area contributed by atoms with Gasteiger partial charge in [-0.1, -0.05) is 6.07 Å². The van der Waals surface area contributed by atoms with Crippen molar-refractivity contribution < 1.29 is 4.79 Å². The maximum Gasteiger partial charge on any atom is 0.252 e. The summed E-state index contributed by atoms with van der Waals surface area (Å²) in [7, 11) is 0. The van der Waals surface area contributed by atoms with E-state index in [1.165, 1.54) is 0 Å². The predicted octanol–water partition coefficient (Wildman–Crippen LogP) is 4.50. The van der Waals surface area contributed by atoms with Crippen LogP contribution in [0.4, 0.5) is 5.95 Å². The summed E-state index contributed by atoms with van der Waals surface area (Å²) in [6.45, 7) is 8.56. The maximum absolute atomic E-state index is 12.7. The second-order valence-electron chi connectivity index (χ2n) is 9.47. The maximum atomic E-state index is 12.7. The molecule has 3 N–H and O–H groups in total. The topological polar surface area (TPSA) is 82.2 Å². The van der Waals surface area contributed by atoms with Crippen molar-refractivity contribution in [1.82, 2.24) is 25.5 Å². The summed E-state index contributed by atoms with van der Waals surface area (Å²) in [6, 6.07) is 9.40. The van der Waals surface area contributed by atoms with Gasteiger partial charge in [0.25, 0.3) is 5.91 Å². The summed E-state index contributed by atoms with van der Waals surface area (Å²) < 4.78 is 1.93. The minimum atomic E-state index is 0.00910. The zero-order valence-electron chi connectivity index (χ0n) is 19.6. The Balaban J connectivity index is 1.26. The predicted molar refractivity (Wildman–Crippen MR) is 143 cm³/mol. The molecule has 0 bridgehead atoms. The Morgan fingerprint density at radius 3 is 2.82 bits per heavy atom. The van der Waals surface area contributed by atoms with Crippen LogP contribution in [0.3, 0.4) is 0 Å². The van der Waals surface area contributed by atoms with Crippen molar-refractivity contribution in [2.45, 2.75) is 51.2 Å². The molecule has 7 nitrogen and oxygen atoms in total. The normalized spacial score (nSPS) is 21.0. The second-order valence-corrected chi connectivity index (χ2v) is 11.4. The van der Waals surface area contributed by atoms with Gasteiger partial charge in [-0.2, -0.15) is 0 Å². The quantitative estimate of drug-likeness (QED) is 0.363. The van der Waals surface area contributed by atoms with E-state index < -0.39 is 0 Å². The van der Waals surface area contributed by atoms with Gasteiger partial charge in [0.15, 0.2) is 0 Å². The largest absolute Gasteiger partial charge is 0.354 e. The lowest BCUT2D eigenvalue weighted by Gasteiger charge is -2.36. The Bertz CT molecular complexity index is 1170. The SMILES string of the molecule is C[C@@H]1CN(CCCNc2ncc(Br)c(-c3cc4c(C(=O)NC5CC5)cccc4s3)n2)C[C@H](C)N1. The molecule has 0 radical (unpaired) electrons. The molecule has 1 aliphatic carbocycles. The molecule has 2 atom stereocenters. The molecule has 5 rings (SSSR count). The van der Waals surface area contributed by atoms with Crippen LogP contribution < -0.4 is 16.0 Å². The van der Waals surface area contributed by atoms with Crippen molar-refractivity contribution >= 4 is 49.2 Å². The lowest BCUT2D eigenvalue weighted by molar-refractivity contribution is 0.0952. The van der Waals surface area contributed by atoms with Crippen LogP contribution in [-0.2, 0) is 0 Å². The van der Waals surface area contributed by atoms with Crippen molar-refractivity contribution in [1.29, 1.82) is 0 Å². The minimum Gasteiger partial charge on any atom is -0.354 e. The number of anilines is 1. The summed E-state index contributed by atoms with van der Waals surface area (Å²) >= 11 is 5.27. The first kappa shape index (κ1) is 23.7. The molecule has 180 valence electrons. The smallest absolute Gasteiger partial charge is 0.252 e. The van der Waals surface area contributed by atoms with Gasteiger partial charge in [-0.05, 0) is 73.8 Å². The van der Waals surface area contributed by atoms with E-state index in [1.54, 1.807) is 17.5 Å². The number of benzene rings is 1. The van der Waals surface area contributed by atoms with Crippen LogP contribution in [0.15, 0.2) is 34.9 Å². The van der Waals surface area contributed by atoms with E-state index in [4.69, 9.17) is 4.98 Å². The van der Waals surface area contributed by atoms with Gasteiger partial charge in [0.05, 0.1) is 9.35 Å². The molecule has 1 saturated heterocycles. The molecule has 9 heteroatoms. The molecule has 34 heavy (non-hydrogen) atoms. The summed E-state index contributed by atoms with van der Waals surface area (Å²) in [5.41, 5.74) is 1.57. The molecule has 2 fully saturated rings. The van der Waals surface area contributed by atoms with Gasteiger partial charge in [-0.25, -0.2) is 9.97 Å². The van der Waals surface area contributed by atoms with Crippen LogP contribution in [0, 0.1) is 0 Å². The van der Waals surface area contributed by atoms with Crippen molar-refractivity contribution in [3.8, 4) is 10.6 Å². The van der Waals surface area contributed by atoms with E-state index in [9.17, 15) is 4.79 Å². The number of carbonyl (C=O) groups excluding carboxylic acids is 1. The first-order valence-electron chi connectivity index (χ1n) is 12.0. The Labute approximate surface area is 212 Å². The van der Waals surface area contributed by atoms with Crippen LogP contribution in [0.2, 0.25) is 0 Å². The van der Waals surface area contributed by atoms with Gasteiger partial charge in [0.1, 0.15) is 5.69 Å². The molecule has 1 amide bonds.